The number of rotatable bonds is 4. The van der Waals surface area contributed by atoms with E-state index < -0.39 is 11.7 Å². The van der Waals surface area contributed by atoms with Crippen molar-refractivity contribution in [3.63, 3.8) is 0 Å². The normalized spacial score (nSPS) is 11.6. The molecule has 0 saturated heterocycles. The molecule has 0 aliphatic rings. The van der Waals surface area contributed by atoms with Gasteiger partial charge in [-0.2, -0.15) is 13.2 Å². The van der Waals surface area contributed by atoms with Crippen LogP contribution in [0.15, 0.2) is 12.1 Å². The Labute approximate surface area is 111 Å². The molecule has 0 aromatic heterocycles. The van der Waals surface area contributed by atoms with Gasteiger partial charge in [0.25, 0.3) is 0 Å². The van der Waals surface area contributed by atoms with Crippen molar-refractivity contribution in [1.29, 1.82) is 0 Å². The summed E-state index contributed by atoms with van der Waals surface area (Å²) < 4.78 is 48.7. The molecule has 0 spiro atoms. The summed E-state index contributed by atoms with van der Waals surface area (Å²) >= 11 is 1.93. The topological polar surface area (TPSA) is 18.5 Å². The molecule has 2 nitrogen and oxygen atoms in total. The lowest BCUT2D eigenvalue weighted by Gasteiger charge is -2.14. The van der Waals surface area contributed by atoms with Gasteiger partial charge in [-0.25, -0.2) is 0 Å². The number of alkyl halides is 3. The molecule has 1 rings (SSSR count). The van der Waals surface area contributed by atoms with Gasteiger partial charge in [-0.3, -0.25) is 0 Å². The fourth-order valence-corrected chi connectivity index (χ4v) is 2.04. The predicted octanol–water partition coefficient (Wildman–Crippen LogP) is 3.99. The second kappa shape index (κ2) is 5.90. The van der Waals surface area contributed by atoms with Crippen molar-refractivity contribution in [2.24, 2.45) is 0 Å². The number of aryl methyl sites for hydroxylation is 1. The van der Waals surface area contributed by atoms with Crippen molar-refractivity contribution < 1.29 is 22.6 Å². The largest absolute Gasteiger partial charge is 0.466 e. The van der Waals surface area contributed by atoms with E-state index in [1.54, 1.807) is 6.92 Å². The number of hydrogen-bond donors (Lipinski definition) is 0. The first-order chi connectivity index (χ1) is 7.86. The minimum Gasteiger partial charge on any atom is -0.466 e. The van der Waals surface area contributed by atoms with Crippen LogP contribution in [-0.2, 0) is 10.9 Å². The summed E-state index contributed by atoms with van der Waals surface area (Å²) in [6, 6.07) is 2.46. The van der Waals surface area contributed by atoms with E-state index in [0.29, 0.717) is 10.2 Å². The van der Waals surface area contributed by atoms with E-state index in [2.05, 4.69) is 0 Å². The van der Waals surface area contributed by atoms with Crippen LogP contribution >= 0.6 is 22.6 Å². The molecule has 0 aliphatic carbocycles. The highest BCUT2D eigenvalue weighted by atomic mass is 127. The summed E-state index contributed by atoms with van der Waals surface area (Å²) in [4.78, 5) is 0. The highest BCUT2D eigenvalue weighted by Crippen LogP contribution is 2.36. The van der Waals surface area contributed by atoms with Crippen molar-refractivity contribution in [3.8, 4) is 5.75 Å². The van der Waals surface area contributed by atoms with Crippen molar-refractivity contribution in [2.75, 3.05) is 13.4 Å². The molecule has 0 N–H and O–H groups in total. The van der Waals surface area contributed by atoms with Gasteiger partial charge in [-0.15, -0.1) is 0 Å². The lowest BCUT2D eigenvalue weighted by molar-refractivity contribution is -0.138. The summed E-state index contributed by atoms with van der Waals surface area (Å²) in [5.41, 5.74) is -0.491. The molecule has 1 aromatic carbocycles. The van der Waals surface area contributed by atoms with Gasteiger partial charge in [0.15, 0.2) is 6.79 Å². The average molecular weight is 360 g/mol. The Bertz CT molecular complexity index is 391. The van der Waals surface area contributed by atoms with E-state index in [-0.39, 0.29) is 18.1 Å². The third kappa shape index (κ3) is 4.02. The second-order valence-corrected chi connectivity index (χ2v) is 4.51. The Balaban J connectivity index is 2.98. The van der Waals surface area contributed by atoms with Crippen molar-refractivity contribution >= 4 is 22.6 Å². The van der Waals surface area contributed by atoms with Crippen molar-refractivity contribution in [2.45, 2.75) is 20.0 Å². The molecule has 96 valence electrons. The van der Waals surface area contributed by atoms with E-state index in [0.717, 1.165) is 6.07 Å². The quantitative estimate of drug-likeness (QED) is 0.459. The maximum atomic E-state index is 12.7. The first-order valence-corrected chi connectivity index (χ1v) is 6.02. The van der Waals surface area contributed by atoms with Gasteiger partial charge >= 0.3 is 6.18 Å². The number of ether oxygens (including phenoxy) is 2. The van der Waals surface area contributed by atoms with Crippen LogP contribution in [0, 0.1) is 10.5 Å². The molecular weight excluding hydrogens is 348 g/mol. The number of hydrogen-bond acceptors (Lipinski definition) is 2. The average Bonchev–Trinajstić information content (AvgIpc) is 2.19. The van der Waals surface area contributed by atoms with E-state index in [9.17, 15) is 13.2 Å². The van der Waals surface area contributed by atoms with E-state index >= 15 is 0 Å². The Morgan fingerprint density at radius 3 is 2.47 bits per heavy atom. The lowest BCUT2D eigenvalue weighted by Crippen LogP contribution is -2.10. The molecule has 17 heavy (non-hydrogen) atoms. The SMILES string of the molecule is CCOCOc1cc(C(F)(F)F)c(C)cc1I. The van der Waals surface area contributed by atoms with Gasteiger partial charge in [0, 0.05) is 6.61 Å². The predicted molar refractivity (Wildman–Crippen MR) is 66.0 cm³/mol. The van der Waals surface area contributed by atoms with Crippen molar-refractivity contribution in [3.05, 3.63) is 26.8 Å². The lowest BCUT2D eigenvalue weighted by atomic mass is 10.1. The molecule has 0 saturated carbocycles. The van der Waals surface area contributed by atoms with Gasteiger partial charge in [-0.05, 0) is 54.1 Å². The number of halogens is 4. The van der Waals surface area contributed by atoms with Crippen molar-refractivity contribution in [1.82, 2.24) is 0 Å². The zero-order chi connectivity index (χ0) is 13.1. The summed E-state index contributed by atoms with van der Waals surface area (Å²) in [5.74, 6) is 0.192. The third-order valence-electron chi connectivity index (χ3n) is 2.09. The molecule has 0 atom stereocenters. The monoisotopic (exact) mass is 360 g/mol. The minimum absolute atomic E-state index is 0.0488. The van der Waals surface area contributed by atoms with Crippen LogP contribution in [0.5, 0.6) is 5.75 Å². The zero-order valence-corrected chi connectivity index (χ0v) is 11.6. The van der Waals surface area contributed by atoms with E-state index in [4.69, 9.17) is 9.47 Å². The Hall–Kier alpha value is -0.500. The molecule has 0 radical (unpaired) electrons. The molecule has 0 bridgehead atoms. The molecule has 1 aromatic rings. The first kappa shape index (κ1) is 14.6. The fourth-order valence-electron chi connectivity index (χ4n) is 1.26. The molecular formula is C11H12F3IO2. The molecule has 0 amide bonds. The van der Waals surface area contributed by atoms with Crippen LogP contribution in [0.4, 0.5) is 13.2 Å². The molecule has 6 heteroatoms. The standard InChI is InChI=1S/C11H12F3IO2/c1-3-16-6-17-10-5-8(11(12,13)14)7(2)4-9(10)15/h4-5H,3,6H2,1-2H3. The summed E-state index contributed by atoms with van der Waals surface area (Å²) in [5, 5.41) is 0. The zero-order valence-electron chi connectivity index (χ0n) is 9.40. The van der Waals surface area contributed by atoms with Crippen LogP contribution in [0.1, 0.15) is 18.1 Å². The van der Waals surface area contributed by atoms with Gasteiger partial charge < -0.3 is 9.47 Å². The third-order valence-corrected chi connectivity index (χ3v) is 2.93. The van der Waals surface area contributed by atoms with Gasteiger partial charge in [0.05, 0.1) is 9.13 Å². The summed E-state index contributed by atoms with van der Waals surface area (Å²) in [6.07, 6.45) is -4.36. The van der Waals surface area contributed by atoms with E-state index in [1.807, 2.05) is 22.6 Å². The Kier molecular flexibility index (Phi) is 5.05. The van der Waals surface area contributed by atoms with Crippen LogP contribution in [0.3, 0.4) is 0 Å². The van der Waals surface area contributed by atoms with E-state index in [1.165, 1.54) is 13.0 Å². The minimum atomic E-state index is -4.36. The maximum absolute atomic E-state index is 12.7. The first-order valence-electron chi connectivity index (χ1n) is 4.94. The van der Waals surface area contributed by atoms with Gasteiger partial charge in [-0.1, -0.05) is 0 Å². The van der Waals surface area contributed by atoms with Crippen LogP contribution in [-0.4, -0.2) is 13.4 Å². The Morgan fingerprint density at radius 1 is 1.29 bits per heavy atom. The van der Waals surface area contributed by atoms with Crippen LogP contribution in [0.2, 0.25) is 0 Å². The molecule has 0 heterocycles. The summed E-state index contributed by atoms with van der Waals surface area (Å²) in [7, 11) is 0. The van der Waals surface area contributed by atoms with Gasteiger partial charge in [0.1, 0.15) is 5.75 Å². The highest BCUT2D eigenvalue weighted by Gasteiger charge is 2.33. The fraction of sp³-hybridized carbons (Fsp3) is 0.455. The van der Waals surface area contributed by atoms with Crippen LogP contribution < -0.4 is 4.74 Å². The molecule has 0 unspecified atom stereocenters. The summed E-state index contributed by atoms with van der Waals surface area (Å²) in [6.45, 7) is 3.61. The molecule has 0 fully saturated rings. The van der Waals surface area contributed by atoms with Crippen LogP contribution in [0.25, 0.3) is 0 Å². The highest BCUT2D eigenvalue weighted by molar-refractivity contribution is 14.1. The Morgan fingerprint density at radius 2 is 1.94 bits per heavy atom. The molecule has 0 aliphatic heterocycles. The number of benzene rings is 1. The maximum Gasteiger partial charge on any atom is 0.416 e. The smallest absolute Gasteiger partial charge is 0.416 e. The second-order valence-electron chi connectivity index (χ2n) is 3.35. The van der Waals surface area contributed by atoms with Gasteiger partial charge in [0.2, 0.25) is 0 Å².